The Balaban J connectivity index is 2.18. The quantitative estimate of drug-likeness (QED) is 0.856. The normalized spacial score (nSPS) is 23.9. The molecule has 0 bridgehead atoms. The molecule has 2 aromatic rings. The molecular weight excluding hydrogens is 226 g/mol. The van der Waals surface area contributed by atoms with E-state index in [9.17, 15) is 5.11 Å². The first-order valence-electron chi connectivity index (χ1n) is 6.52. The maximum absolute atomic E-state index is 9.28. The molecule has 0 radical (unpaired) electrons. The third-order valence-electron chi connectivity index (χ3n) is 3.89. The molecule has 4 nitrogen and oxygen atoms in total. The number of aliphatic hydroxyl groups is 1. The van der Waals surface area contributed by atoms with E-state index in [1.807, 2.05) is 18.2 Å². The Labute approximate surface area is 107 Å². The zero-order valence-corrected chi connectivity index (χ0v) is 10.7. The van der Waals surface area contributed by atoms with E-state index in [0.29, 0.717) is 6.54 Å². The van der Waals surface area contributed by atoms with Crippen LogP contribution in [0.5, 0.6) is 0 Å². The van der Waals surface area contributed by atoms with Gasteiger partial charge in [-0.3, -0.25) is 0 Å². The lowest BCUT2D eigenvalue weighted by Gasteiger charge is -2.23. The van der Waals surface area contributed by atoms with Gasteiger partial charge in [0.1, 0.15) is 5.82 Å². The molecule has 1 fully saturated rings. The average Bonchev–Trinajstić information content (AvgIpc) is 2.96. The Morgan fingerprint density at radius 1 is 1.44 bits per heavy atom. The Morgan fingerprint density at radius 3 is 3.00 bits per heavy atom. The van der Waals surface area contributed by atoms with Crippen LogP contribution < -0.4 is 5.32 Å². The molecule has 4 heteroatoms. The van der Waals surface area contributed by atoms with Crippen LogP contribution in [0.15, 0.2) is 24.3 Å². The molecule has 0 spiro atoms. The van der Waals surface area contributed by atoms with Crippen molar-refractivity contribution in [1.29, 1.82) is 0 Å². The molecule has 0 saturated carbocycles. The van der Waals surface area contributed by atoms with Crippen molar-refractivity contribution in [1.82, 2.24) is 14.9 Å². The summed E-state index contributed by atoms with van der Waals surface area (Å²) in [5.74, 6) is 1.10. The van der Waals surface area contributed by atoms with Gasteiger partial charge in [-0.2, -0.15) is 0 Å². The van der Waals surface area contributed by atoms with Gasteiger partial charge >= 0.3 is 0 Å². The third kappa shape index (κ3) is 1.72. The summed E-state index contributed by atoms with van der Waals surface area (Å²) in [6, 6.07) is 8.15. The van der Waals surface area contributed by atoms with Crippen LogP contribution in [0.1, 0.15) is 19.2 Å². The first kappa shape index (κ1) is 11.7. The smallest absolute Gasteiger partial charge is 0.117 e. The molecule has 1 unspecified atom stereocenters. The van der Waals surface area contributed by atoms with Crippen molar-refractivity contribution in [3.05, 3.63) is 30.1 Å². The van der Waals surface area contributed by atoms with E-state index in [0.717, 1.165) is 36.4 Å². The van der Waals surface area contributed by atoms with Crippen molar-refractivity contribution < 1.29 is 5.11 Å². The minimum absolute atomic E-state index is 0.0776. The molecule has 1 atom stereocenters. The van der Waals surface area contributed by atoms with Crippen molar-refractivity contribution in [3.63, 3.8) is 0 Å². The molecule has 0 aliphatic carbocycles. The fourth-order valence-electron chi connectivity index (χ4n) is 2.87. The van der Waals surface area contributed by atoms with Gasteiger partial charge in [-0.25, -0.2) is 4.98 Å². The summed E-state index contributed by atoms with van der Waals surface area (Å²) in [5, 5.41) is 12.7. The van der Waals surface area contributed by atoms with Crippen LogP contribution in [0.4, 0.5) is 0 Å². The molecule has 2 heterocycles. The highest BCUT2D eigenvalue weighted by atomic mass is 16.3. The first-order chi connectivity index (χ1) is 8.74. The molecule has 1 saturated heterocycles. The van der Waals surface area contributed by atoms with Gasteiger partial charge in [0.25, 0.3) is 0 Å². The second kappa shape index (κ2) is 4.37. The lowest BCUT2D eigenvalue weighted by Crippen LogP contribution is -2.29. The predicted molar refractivity (Wildman–Crippen MR) is 71.7 cm³/mol. The van der Waals surface area contributed by atoms with E-state index in [4.69, 9.17) is 4.98 Å². The van der Waals surface area contributed by atoms with E-state index in [2.05, 4.69) is 22.9 Å². The molecule has 1 aromatic heterocycles. The summed E-state index contributed by atoms with van der Waals surface area (Å²) in [4.78, 5) is 4.80. The molecule has 0 amide bonds. The number of benzene rings is 1. The van der Waals surface area contributed by atoms with Crippen molar-refractivity contribution in [3.8, 4) is 0 Å². The summed E-state index contributed by atoms with van der Waals surface area (Å²) in [6.45, 7) is 5.02. The number of nitrogens with zero attached hydrogens (tertiary/aromatic N) is 2. The van der Waals surface area contributed by atoms with Crippen molar-refractivity contribution >= 4 is 11.0 Å². The van der Waals surface area contributed by atoms with Gasteiger partial charge in [0, 0.05) is 18.5 Å². The SMILES string of the molecule is CC1(c2nc3ccccc3n2CCO)CCNC1. The maximum atomic E-state index is 9.28. The molecule has 18 heavy (non-hydrogen) atoms. The van der Waals surface area contributed by atoms with E-state index in [1.165, 1.54) is 0 Å². The van der Waals surface area contributed by atoms with Crippen LogP contribution in [0.25, 0.3) is 11.0 Å². The zero-order valence-electron chi connectivity index (χ0n) is 10.7. The van der Waals surface area contributed by atoms with Crippen LogP contribution in [0.3, 0.4) is 0 Å². The van der Waals surface area contributed by atoms with Crippen molar-refractivity contribution in [2.45, 2.75) is 25.3 Å². The van der Waals surface area contributed by atoms with Crippen LogP contribution in [-0.4, -0.2) is 34.4 Å². The average molecular weight is 245 g/mol. The van der Waals surface area contributed by atoms with Gasteiger partial charge in [-0.05, 0) is 25.1 Å². The van der Waals surface area contributed by atoms with E-state index in [1.54, 1.807) is 0 Å². The topological polar surface area (TPSA) is 50.1 Å². The zero-order chi connectivity index (χ0) is 12.6. The van der Waals surface area contributed by atoms with Gasteiger partial charge in [0.2, 0.25) is 0 Å². The van der Waals surface area contributed by atoms with Crippen molar-refractivity contribution in [2.75, 3.05) is 19.7 Å². The number of aliphatic hydroxyl groups excluding tert-OH is 1. The monoisotopic (exact) mass is 245 g/mol. The summed E-state index contributed by atoms with van der Waals surface area (Å²) in [5.41, 5.74) is 2.22. The number of imidazole rings is 1. The van der Waals surface area contributed by atoms with E-state index < -0.39 is 0 Å². The number of nitrogens with one attached hydrogen (secondary N) is 1. The van der Waals surface area contributed by atoms with Gasteiger partial charge in [0.05, 0.1) is 17.6 Å². The minimum Gasteiger partial charge on any atom is -0.395 e. The van der Waals surface area contributed by atoms with Gasteiger partial charge in [0.15, 0.2) is 0 Å². The highest BCUT2D eigenvalue weighted by Crippen LogP contribution is 2.31. The molecule has 1 aliphatic rings. The highest BCUT2D eigenvalue weighted by Gasteiger charge is 2.35. The number of aromatic nitrogens is 2. The van der Waals surface area contributed by atoms with E-state index in [-0.39, 0.29) is 12.0 Å². The second-order valence-corrected chi connectivity index (χ2v) is 5.29. The molecule has 2 N–H and O–H groups in total. The number of hydrogen-bond donors (Lipinski definition) is 2. The first-order valence-corrected chi connectivity index (χ1v) is 6.52. The summed E-state index contributed by atoms with van der Waals surface area (Å²) < 4.78 is 2.17. The second-order valence-electron chi connectivity index (χ2n) is 5.29. The molecular formula is C14H19N3O. The standard InChI is InChI=1S/C14H19N3O/c1-14(6-7-15-10-14)13-16-11-4-2-3-5-12(11)17(13)8-9-18/h2-5,15,18H,6-10H2,1H3. The maximum Gasteiger partial charge on any atom is 0.117 e. The van der Waals surface area contributed by atoms with Crippen LogP contribution in [0.2, 0.25) is 0 Å². The van der Waals surface area contributed by atoms with Crippen molar-refractivity contribution in [2.24, 2.45) is 0 Å². The predicted octanol–water partition coefficient (Wildman–Crippen LogP) is 1.28. The molecule has 3 rings (SSSR count). The fourth-order valence-corrected chi connectivity index (χ4v) is 2.87. The Kier molecular flexibility index (Phi) is 2.84. The molecule has 1 aromatic carbocycles. The molecule has 1 aliphatic heterocycles. The Morgan fingerprint density at radius 2 is 2.28 bits per heavy atom. The Hall–Kier alpha value is -1.39. The number of rotatable bonds is 3. The van der Waals surface area contributed by atoms with Gasteiger partial charge < -0.3 is 15.0 Å². The summed E-state index contributed by atoms with van der Waals surface area (Å²) in [7, 11) is 0. The van der Waals surface area contributed by atoms with Gasteiger partial charge in [-0.1, -0.05) is 19.1 Å². The van der Waals surface area contributed by atoms with E-state index >= 15 is 0 Å². The lowest BCUT2D eigenvalue weighted by atomic mass is 9.89. The minimum atomic E-state index is 0.0776. The number of fused-ring (bicyclic) bond motifs is 1. The van der Waals surface area contributed by atoms with Gasteiger partial charge in [-0.15, -0.1) is 0 Å². The molecule has 96 valence electrons. The highest BCUT2D eigenvalue weighted by molar-refractivity contribution is 5.76. The lowest BCUT2D eigenvalue weighted by molar-refractivity contribution is 0.272. The van der Waals surface area contributed by atoms with Crippen LogP contribution in [0, 0.1) is 0 Å². The number of para-hydroxylation sites is 2. The largest absolute Gasteiger partial charge is 0.395 e. The van der Waals surface area contributed by atoms with Crippen LogP contribution >= 0.6 is 0 Å². The summed E-state index contributed by atoms with van der Waals surface area (Å²) >= 11 is 0. The van der Waals surface area contributed by atoms with Crippen LogP contribution in [-0.2, 0) is 12.0 Å². The number of hydrogen-bond acceptors (Lipinski definition) is 3. The third-order valence-corrected chi connectivity index (χ3v) is 3.89. The summed E-state index contributed by atoms with van der Waals surface area (Å²) in [6.07, 6.45) is 1.10. The fraction of sp³-hybridized carbons (Fsp3) is 0.500. The Bertz CT molecular complexity index is 555.